The summed E-state index contributed by atoms with van der Waals surface area (Å²) in [5.74, 6) is -0.282. The van der Waals surface area contributed by atoms with Gasteiger partial charge in [0.15, 0.2) is 0 Å². The fraction of sp³-hybridized carbons (Fsp3) is 0.125. The molecule has 122 valence electrons. The number of rotatable bonds is 5. The molecule has 24 heavy (non-hydrogen) atoms. The maximum absolute atomic E-state index is 12.3. The van der Waals surface area contributed by atoms with Gasteiger partial charge in [-0.25, -0.2) is 9.78 Å². The predicted octanol–water partition coefficient (Wildman–Crippen LogP) is 0.976. The highest BCUT2D eigenvalue weighted by atomic mass is 32.1. The van der Waals surface area contributed by atoms with Gasteiger partial charge in [0, 0.05) is 30.2 Å². The van der Waals surface area contributed by atoms with Gasteiger partial charge in [-0.15, -0.1) is 11.3 Å². The maximum Gasteiger partial charge on any atom is 0.330 e. The molecular weight excluding hydrogens is 328 g/mol. The maximum atomic E-state index is 12.3. The Kier molecular flexibility index (Phi) is 4.66. The topological polar surface area (TPSA) is 96.8 Å². The van der Waals surface area contributed by atoms with Crippen LogP contribution in [0.15, 0.2) is 51.5 Å². The molecule has 0 radical (unpaired) electrons. The molecule has 3 heterocycles. The van der Waals surface area contributed by atoms with Crippen molar-refractivity contribution in [1.82, 2.24) is 19.9 Å². The van der Waals surface area contributed by atoms with Crippen molar-refractivity contribution in [3.63, 3.8) is 0 Å². The Hall–Kier alpha value is -3.00. The Balaban J connectivity index is 1.67. The smallest absolute Gasteiger partial charge is 0.330 e. The van der Waals surface area contributed by atoms with Crippen molar-refractivity contribution in [2.75, 3.05) is 6.54 Å². The average Bonchev–Trinajstić information content (AvgIpc) is 3.09. The number of thiophene rings is 1. The van der Waals surface area contributed by atoms with Gasteiger partial charge < -0.3 is 5.32 Å². The molecule has 3 aromatic rings. The molecule has 0 spiro atoms. The molecule has 0 atom stereocenters. The van der Waals surface area contributed by atoms with Gasteiger partial charge in [-0.2, -0.15) is 0 Å². The van der Waals surface area contributed by atoms with Crippen molar-refractivity contribution in [2.45, 2.75) is 6.54 Å². The number of nitrogens with zero attached hydrogens (tertiary/aromatic N) is 2. The molecule has 0 unspecified atom stereocenters. The number of hydrogen-bond acceptors (Lipinski definition) is 5. The lowest BCUT2D eigenvalue weighted by molar-refractivity contribution is -0.116. The van der Waals surface area contributed by atoms with E-state index in [2.05, 4.69) is 15.3 Å². The zero-order valence-electron chi connectivity index (χ0n) is 12.6. The van der Waals surface area contributed by atoms with E-state index in [0.717, 1.165) is 9.44 Å². The van der Waals surface area contributed by atoms with Crippen LogP contribution in [0, 0.1) is 0 Å². The van der Waals surface area contributed by atoms with Gasteiger partial charge in [0.1, 0.15) is 5.65 Å². The molecule has 3 rings (SSSR count). The number of hydrogen-bond donors (Lipinski definition) is 2. The number of amides is 1. The van der Waals surface area contributed by atoms with Gasteiger partial charge in [0.25, 0.3) is 5.56 Å². The van der Waals surface area contributed by atoms with Crippen molar-refractivity contribution in [3.05, 3.63) is 67.6 Å². The number of fused-ring (bicyclic) bond motifs is 1. The monoisotopic (exact) mass is 342 g/mol. The first kappa shape index (κ1) is 15.9. The fourth-order valence-electron chi connectivity index (χ4n) is 2.18. The van der Waals surface area contributed by atoms with Crippen molar-refractivity contribution < 1.29 is 4.79 Å². The lowest BCUT2D eigenvalue weighted by Crippen LogP contribution is -2.39. The Morgan fingerprint density at radius 3 is 3.00 bits per heavy atom. The van der Waals surface area contributed by atoms with Crippen LogP contribution in [0.25, 0.3) is 17.1 Å². The normalized spacial score (nSPS) is 11.2. The van der Waals surface area contributed by atoms with Crippen LogP contribution in [0.3, 0.4) is 0 Å². The van der Waals surface area contributed by atoms with Crippen LogP contribution in [-0.2, 0) is 11.3 Å². The van der Waals surface area contributed by atoms with Crippen molar-refractivity contribution >= 4 is 34.4 Å². The number of aromatic nitrogens is 3. The van der Waals surface area contributed by atoms with Crippen molar-refractivity contribution in [3.8, 4) is 0 Å². The number of carbonyl (C=O) groups is 1. The Morgan fingerprint density at radius 2 is 2.21 bits per heavy atom. The highest BCUT2D eigenvalue weighted by Gasteiger charge is 2.07. The van der Waals surface area contributed by atoms with E-state index in [1.807, 2.05) is 17.5 Å². The third-order valence-electron chi connectivity index (χ3n) is 3.33. The number of aromatic amines is 1. The van der Waals surface area contributed by atoms with Crippen molar-refractivity contribution in [2.24, 2.45) is 0 Å². The lowest BCUT2D eigenvalue weighted by atomic mass is 10.3. The van der Waals surface area contributed by atoms with Crippen LogP contribution in [0.2, 0.25) is 0 Å². The first-order valence-corrected chi connectivity index (χ1v) is 8.10. The highest BCUT2D eigenvalue weighted by molar-refractivity contribution is 7.10. The molecule has 2 N–H and O–H groups in total. The minimum Gasteiger partial charge on any atom is -0.351 e. The molecule has 0 aliphatic carbocycles. The summed E-state index contributed by atoms with van der Waals surface area (Å²) >= 11 is 1.53. The summed E-state index contributed by atoms with van der Waals surface area (Å²) in [6.07, 6.45) is 4.63. The van der Waals surface area contributed by atoms with E-state index in [1.165, 1.54) is 23.6 Å². The Morgan fingerprint density at radius 1 is 1.33 bits per heavy atom. The fourth-order valence-corrected chi connectivity index (χ4v) is 2.80. The molecule has 0 saturated heterocycles. The molecule has 3 aromatic heterocycles. The van der Waals surface area contributed by atoms with Gasteiger partial charge in [0.05, 0.1) is 5.39 Å². The lowest BCUT2D eigenvalue weighted by Gasteiger charge is -2.06. The molecular formula is C16H14N4O3S. The summed E-state index contributed by atoms with van der Waals surface area (Å²) in [6.45, 7) is 0.250. The van der Waals surface area contributed by atoms with Crippen LogP contribution in [-0.4, -0.2) is 27.0 Å². The minimum absolute atomic E-state index is 0.0809. The third-order valence-corrected chi connectivity index (χ3v) is 4.17. The van der Waals surface area contributed by atoms with E-state index in [0.29, 0.717) is 5.39 Å². The molecule has 0 aliphatic rings. The number of nitrogens with one attached hydrogen (secondary N) is 2. The summed E-state index contributed by atoms with van der Waals surface area (Å²) in [7, 11) is 0. The van der Waals surface area contributed by atoms with E-state index in [4.69, 9.17) is 0 Å². The average molecular weight is 342 g/mol. The summed E-state index contributed by atoms with van der Waals surface area (Å²) in [5.41, 5.74) is -0.716. The van der Waals surface area contributed by atoms with Crippen LogP contribution >= 0.6 is 11.3 Å². The second-order valence-electron chi connectivity index (χ2n) is 4.93. The zero-order valence-corrected chi connectivity index (χ0v) is 13.4. The second-order valence-corrected chi connectivity index (χ2v) is 5.91. The molecule has 0 fully saturated rings. The first-order chi connectivity index (χ1) is 11.6. The summed E-state index contributed by atoms with van der Waals surface area (Å²) in [4.78, 5) is 43.4. The van der Waals surface area contributed by atoms with Crippen LogP contribution < -0.4 is 16.6 Å². The van der Waals surface area contributed by atoms with Gasteiger partial charge in [-0.3, -0.25) is 19.1 Å². The Labute approximate surface area is 140 Å². The number of carbonyl (C=O) groups excluding carboxylic acids is 1. The summed E-state index contributed by atoms with van der Waals surface area (Å²) in [6, 6.07) is 7.02. The number of H-pyrrole nitrogens is 1. The van der Waals surface area contributed by atoms with Gasteiger partial charge in [-0.05, 0) is 29.7 Å². The largest absolute Gasteiger partial charge is 0.351 e. The van der Waals surface area contributed by atoms with Gasteiger partial charge in [-0.1, -0.05) is 6.07 Å². The molecule has 1 amide bonds. The van der Waals surface area contributed by atoms with E-state index >= 15 is 0 Å². The summed E-state index contributed by atoms with van der Waals surface area (Å²) in [5, 5.41) is 4.90. The SMILES string of the molecule is O=C(C=Cc1cccs1)NCCn1c(=O)[nH]c2ncccc2c1=O. The van der Waals surface area contributed by atoms with E-state index < -0.39 is 11.2 Å². The quantitative estimate of drug-likeness (QED) is 0.675. The van der Waals surface area contributed by atoms with E-state index in [1.54, 1.807) is 18.2 Å². The highest BCUT2D eigenvalue weighted by Crippen LogP contribution is 2.09. The third kappa shape index (κ3) is 3.49. The zero-order chi connectivity index (χ0) is 16.9. The van der Waals surface area contributed by atoms with E-state index in [-0.39, 0.29) is 24.6 Å². The second kappa shape index (κ2) is 7.05. The molecule has 0 bridgehead atoms. The van der Waals surface area contributed by atoms with Gasteiger partial charge in [0.2, 0.25) is 5.91 Å². The van der Waals surface area contributed by atoms with Crippen LogP contribution in [0.4, 0.5) is 0 Å². The molecule has 8 heteroatoms. The standard InChI is InChI=1S/C16H14N4O3S/c21-13(6-5-11-3-2-10-24-11)17-8-9-20-15(22)12-4-1-7-18-14(12)19-16(20)23/h1-7,10H,8-9H2,(H,17,21)(H,18,19,23). The van der Waals surface area contributed by atoms with Crippen molar-refractivity contribution in [1.29, 1.82) is 0 Å². The van der Waals surface area contributed by atoms with Crippen LogP contribution in [0.5, 0.6) is 0 Å². The van der Waals surface area contributed by atoms with Crippen LogP contribution in [0.1, 0.15) is 4.88 Å². The minimum atomic E-state index is -0.547. The first-order valence-electron chi connectivity index (χ1n) is 7.22. The molecule has 0 aromatic carbocycles. The molecule has 0 aliphatic heterocycles. The molecule has 7 nitrogen and oxygen atoms in total. The Bertz CT molecular complexity index is 1000. The summed E-state index contributed by atoms with van der Waals surface area (Å²) < 4.78 is 1.05. The number of pyridine rings is 1. The van der Waals surface area contributed by atoms with E-state index in [9.17, 15) is 14.4 Å². The predicted molar refractivity (Wildman–Crippen MR) is 93.0 cm³/mol. The van der Waals surface area contributed by atoms with Gasteiger partial charge >= 0.3 is 5.69 Å². The molecule has 0 saturated carbocycles.